The molecule has 0 heterocycles. The Bertz CT molecular complexity index is 573. The van der Waals surface area contributed by atoms with Gasteiger partial charge in [-0.25, -0.2) is 8.42 Å². The summed E-state index contributed by atoms with van der Waals surface area (Å²) >= 11 is 0. The van der Waals surface area contributed by atoms with E-state index in [1.54, 1.807) is 13.0 Å². The lowest BCUT2D eigenvalue weighted by atomic mass is 10.2. The fraction of sp³-hybridized carbons (Fsp3) is 0.571. The molecule has 0 atom stereocenters. The summed E-state index contributed by atoms with van der Waals surface area (Å²) in [7, 11) is -2.33. The summed E-state index contributed by atoms with van der Waals surface area (Å²) in [4.78, 5) is 0.0395. The molecule has 0 aliphatic carbocycles. The lowest BCUT2D eigenvalue weighted by Gasteiger charge is -2.22. The number of sulfonamides is 1. The minimum Gasteiger partial charge on any atom is -0.495 e. The first kappa shape index (κ1) is 17.7. The summed E-state index contributed by atoms with van der Waals surface area (Å²) in [5.41, 5.74) is 6.98. The third-order valence-corrected chi connectivity index (χ3v) is 5.20. The predicted octanol–water partition coefficient (Wildman–Crippen LogP) is 1.37. The summed E-state index contributed by atoms with van der Waals surface area (Å²) in [5.74, 6) is 0.265. The van der Waals surface area contributed by atoms with Gasteiger partial charge in [0, 0.05) is 18.8 Å². The molecular weight excluding hydrogens is 292 g/mol. The van der Waals surface area contributed by atoms with Gasteiger partial charge in [0.1, 0.15) is 10.6 Å². The molecule has 0 saturated heterocycles. The molecule has 3 N–H and O–H groups in total. The van der Waals surface area contributed by atoms with Gasteiger partial charge in [0.15, 0.2) is 0 Å². The first-order valence-electron chi connectivity index (χ1n) is 6.93. The summed E-state index contributed by atoms with van der Waals surface area (Å²) in [6.45, 7) is 3.95. The van der Waals surface area contributed by atoms with E-state index in [-0.39, 0.29) is 23.8 Å². The fourth-order valence-electron chi connectivity index (χ4n) is 1.98. The van der Waals surface area contributed by atoms with Crippen molar-refractivity contribution >= 4 is 15.7 Å². The van der Waals surface area contributed by atoms with E-state index in [0.717, 1.165) is 18.4 Å². The van der Waals surface area contributed by atoms with Crippen LogP contribution in [0.4, 0.5) is 5.69 Å². The summed E-state index contributed by atoms with van der Waals surface area (Å²) in [5, 5.41) is 9.11. The van der Waals surface area contributed by atoms with Gasteiger partial charge >= 0.3 is 0 Å². The zero-order valence-corrected chi connectivity index (χ0v) is 13.6. The Morgan fingerprint density at radius 1 is 1.33 bits per heavy atom. The normalized spacial score (nSPS) is 11.9. The van der Waals surface area contributed by atoms with Crippen LogP contribution in [-0.4, -0.2) is 44.6 Å². The maximum absolute atomic E-state index is 12.8. The topological polar surface area (TPSA) is 92.9 Å². The summed E-state index contributed by atoms with van der Waals surface area (Å²) in [6, 6.07) is 3.03. The van der Waals surface area contributed by atoms with E-state index in [0.29, 0.717) is 12.2 Å². The lowest BCUT2D eigenvalue weighted by molar-refractivity contribution is 0.252. The zero-order chi connectivity index (χ0) is 16.0. The molecule has 0 aliphatic heterocycles. The molecule has 0 amide bonds. The van der Waals surface area contributed by atoms with Gasteiger partial charge in [-0.2, -0.15) is 4.31 Å². The molecule has 1 rings (SSSR count). The average molecular weight is 316 g/mol. The van der Waals surface area contributed by atoms with Crippen molar-refractivity contribution in [1.29, 1.82) is 0 Å². The third-order valence-electron chi connectivity index (χ3n) is 3.28. The Morgan fingerprint density at radius 2 is 2.00 bits per heavy atom. The van der Waals surface area contributed by atoms with Crippen molar-refractivity contribution in [3.05, 3.63) is 17.7 Å². The van der Waals surface area contributed by atoms with E-state index in [1.165, 1.54) is 17.5 Å². The molecule has 0 bridgehead atoms. The fourth-order valence-corrected chi connectivity index (χ4v) is 3.62. The molecule has 0 radical (unpaired) electrons. The van der Waals surface area contributed by atoms with E-state index >= 15 is 0 Å². The van der Waals surface area contributed by atoms with Gasteiger partial charge in [-0.3, -0.25) is 0 Å². The van der Waals surface area contributed by atoms with Crippen LogP contribution in [0.1, 0.15) is 25.3 Å². The van der Waals surface area contributed by atoms with Crippen LogP contribution >= 0.6 is 0 Å². The van der Waals surface area contributed by atoms with Gasteiger partial charge in [-0.05, 0) is 31.0 Å². The molecule has 1 aromatic rings. The molecule has 0 fully saturated rings. The average Bonchev–Trinajstić information content (AvgIpc) is 2.45. The van der Waals surface area contributed by atoms with Gasteiger partial charge in [-0.1, -0.05) is 13.3 Å². The maximum atomic E-state index is 12.8. The van der Waals surface area contributed by atoms with Crippen LogP contribution in [0.2, 0.25) is 0 Å². The summed E-state index contributed by atoms with van der Waals surface area (Å²) < 4.78 is 31.9. The summed E-state index contributed by atoms with van der Waals surface area (Å²) in [6.07, 6.45) is 1.59. The quantitative estimate of drug-likeness (QED) is 0.707. The first-order chi connectivity index (χ1) is 9.88. The number of rotatable bonds is 8. The molecule has 1 aromatic carbocycles. The van der Waals surface area contributed by atoms with Gasteiger partial charge in [0.25, 0.3) is 0 Å². The molecule has 120 valence electrons. The second kappa shape index (κ2) is 7.63. The van der Waals surface area contributed by atoms with Crippen molar-refractivity contribution in [2.45, 2.75) is 31.6 Å². The number of nitrogens with two attached hydrogens (primary N) is 1. The van der Waals surface area contributed by atoms with Crippen LogP contribution < -0.4 is 10.5 Å². The van der Waals surface area contributed by atoms with Crippen molar-refractivity contribution in [3.63, 3.8) is 0 Å². The first-order valence-corrected chi connectivity index (χ1v) is 8.37. The van der Waals surface area contributed by atoms with Crippen molar-refractivity contribution in [2.75, 3.05) is 32.5 Å². The van der Waals surface area contributed by atoms with E-state index in [1.807, 2.05) is 6.92 Å². The Labute approximate surface area is 126 Å². The Morgan fingerprint density at radius 3 is 2.52 bits per heavy atom. The molecule has 0 aliphatic rings. The smallest absolute Gasteiger partial charge is 0.246 e. The van der Waals surface area contributed by atoms with E-state index < -0.39 is 10.0 Å². The van der Waals surface area contributed by atoms with E-state index in [2.05, 4.69) is 0 Å². The van der Waals surface area contributed by atoms with E-state index in [9.17, 15) is 8.42 Å². The van der Waals surface area contributed by atoms with Crippen molar-refractivity contribution in [2.24, 2.45) is 0 Å². The van der Waals surface area contributed by atoms with Crippen LogP contribution in [0.15, 0.2) is 17.0 Å². The van der Waals surface area contributed by atoms with Crippen LogP contribution in [0, 0.1) is 6.92 Å². The number of anilines is 1. The monoisotopic (exact) mass is 316 g/mol. The molecular formula is C14H24N2O4S. The number of unbranched alkanes of at least 4 members (excludes halogenated alkanes) is 1. The molecule has 6 nitrogen and oxygen atoms in total. The number of aryl methyl sites for hydroxylation is 1. The van der Waals surface area contributed by atoms with Gasteiger partial charge in [-0.15, -0.1) is 0 Å². The minimum absolute atomic E-state index is 0.0395. The highest BCUT2D eigenvalue weighted by Gasteiger charge is 2.27. The molecule has 0 aromatic heterocycles. The SMILES string of the molecule is CCCCN(CCO)S(=O)(=O)c1cc(N)c(C)cc1OC. The van der Waals surface area contributed by atoms with Crippen molar-refractivity contribution in [1.82, 2.24) is 4.31 Å². The van der Waals surface area contributed by atoms with Gasteiger partial charge in [0.05, 0.1) is 13.7 Å². The second-order valence-corrected chi connectivity index (χ2v) is 6.75. The standard InChI is InChI=1S/C14H24N2O4S/c1-4-5-6-16(7-8-17)21(18,19)14-10-12(15)11(2)9-13(14)20-3/h9-10,17H,4-8,15H2,1-3H3. The number of benzene rings is 1. The Balaban J connectivity index is 3.29. The minimum atomic E-state index is -3.75. The largest absolute Gasteiger partial charge is 0.495 e. The number of ether oxygens (including phenoxy) is 1. The number of methoxy groups -OCH3 is 1. The lowest BCUT2D eigenvalue weighted by Crippen LogP contribution is -2.34. The number of hydrogen-bond acceptors (Lipinski definition) is 5. The maximum Gasteiger partial charge on any atom is 0.246 e. The molecule has 0 unspecified atom stereocenters. The van der Waals surface area contributed by atoms with Crippen molar-refractivity contribution < 1.29 is 18.3 Å². The number of hydrogen-bond donors (Lipinski definition) is 2. The predicted molar refractivity (Wildman–Crippen MR) is 82.9 cm³/mol. The molecule has 0 spiro atoms. The third kappa shape index (κ3) is 4.09. The second-order valence-electron chi connectivity index (χ2n) is 4.84. The highest BCUT2D eigenvalue weighted by molar-refractivity contribution is 7.89. The molecule has 7 heteroatoms. The van der Waals surface area contributed by atoms with Crippen LogP contribution in [0.25, 0.3) is 0 Å². The van der Waals surface area contributed by atoms with Gasteiger partial charge < -0.3 is 15.6 Å². The molecule has 0 saturated carbocycles. The highest BCUT2D eigenvalue weighted by Crippen LogP contribution is 2.31. The van der Waals surface area contributed by atoms with Crippen molar-refractivity contribution in [3.8, 4) is 5.75 Å². The number of nitrogens with zero attached hydrogens (tertiary/aromatic N) is 1. The Hall–Kier alpha value is -1.31. The van der Waals surface area contributed by atoms with Gasteiger partial charge in [0.2, 0.25) is 10.0 Å². The Kier molecular flexibility index (Phi) is 6.44. The number of aliphatic hydroxyl groups is 1. The van der Waals surface area contributed by atoms with E-state index in [4.69, 9.17) is 15.6 Å². The van der Waals surface area contributed by atoms with Crippen LogP contribution in [0.3, 0.4) is 0 Å². The number of aliphatic hydroxyl groups excluding tert-OH is 1. The van der Waals surface area contributed by atoms with Crippen LogP contribution in [0.5, 0.6) is 5.75 Å². The number of nitrogen functional groups attached to an aromatic ring is 1. The van der Waals surface area contributed by atoms with Crippen LogP contribution in [-0.2, 0) is 10.0 Å². The zero-order valence-electron chi connectivity index (χ0n) is 12.8. The molecule has 21 heavy (non-hydrogen) atoms. The highest BCUT2D eigenvalue weighted by atomic mass is 32.2.